The van der Waals surface area contributed by atoms with Crippen molar-refractivity contribution in [1.82, 2.24) is 9.58 Å². The third-order valence-corrected chi connectivity index (χ3v) is 5.29. The second-order valence-electron chi connectivity index (χ2n) is 7.31. The zero-order chi connectivity index (χ0) is 20.7. The van der Waals surface area contributed by atoms with Crippen molar-refractivity contribution in [3.8, 4) is 0 Å². The highest BCUT2D eigenvalue weighted by Gasteiger charge is 2.35. The number of oxazole rings is 1. The smallest absolute Gasteiger partial charge is 0.420 e. The maximum Gasteiger partial charge on any atom is 0.420 e. The van der Waals surface area contributed by atoms with Gasteiger partial charge in [0.05, 0.1) is 17.5 Å². The molecule has 1 unspecified atom stereocenters. The summed E-state index contributed by atoms with van der Waals surface area (Å²) in [5.74, 6) is -0.230. The molecule has 7 heteroatoms. The molecule has 30 heavy (non-hydrogen) atoms. The zero-order valence-corrected chi connectivity index (χ0v) is 16.3. The van der Waals surface area contributed by atoms with Crippen molar-refractivity contribution in [2.45, 2.75) is 25.9 Å². The molecular formula is C23H19N3O4. The molecule has 1 atom stereocenters. The molecular weight excluding hydrogens is 382 g/mol. The molecule has 0 radical (unpaired) electrons. The van der Waals surface area contributed by atoms with Crippen LogP contribution in [0, 0.1) is 6.92 Å². The molecule has 0 saturated carbocycles. The number of amides is 1. The average Bonchev–Trinajstić information content (AvgIpc) is 3.48. The Balaban J connectivity index is 1.50. The number of aryl methyl sites for hydroxylation is 1. The largest absolute Gasteiger partial charge is 0.467 e. The van der Waals surface area contributed by atoms with Crippen LogP contribution in [0.15, 0.2) is 85.7 Å². The van der Waals surface area contributed by atoms with Gasteiger partial charge in [0.15, 0.2) is 5.58 Å². The molecule has 0 aliphatic carbocycles. The predicted molar refractivity (Wildman–Crippen MR) is 111 cm³/mol. The summed E-state index contributed by atoms with van der Waals surface area (Å²) in [6, 6.07) is 18.3. The predicted octanol–water partition coefficient (Wildman–Crippen LogP) is 3.87. The van der Waals surface area contributed by atoms with Gasteiger partial charge in [0.25, 0.3) is 5.91 Å². The van der Waals surface area contributed by atoms with Gasteiger partial charge in [-0.25, -0.2) is 9.80 Å². The minimum absolute atomic E-state index is 0.169. The number of nitrogens with zero attached hydrogens (tertiary/aromatic N) is 3. The van der Waals surface area contributed by atoms with Crippen molar-refractivity contribution in [3.63, 3.8) is 0 Å². The van der Waals surface area contributed by atoms with E-state index in [1.54, 1.807) is 36.6 Å². The van der Waals surface area contributed by atoms with E-state index < -0.39 is 5.76 Å². The van der Waals surface area contributed by atoms with E-state index in [1.807, 2.05) is 37.3 Å². The average molecular weight is 401 g/mol. The Bertz CT molecular complexity index is 1300. The molecule has 2 aromatic heterocycles. The maximum atomic E-state index is 13.2. The van der Waals surface area contributed by atoms with Crippen LogP contribution in [0.4, 0.5) is 0 Å². The summed E-state index contributed by atoms with van der Waals surface area (Å²) in [6.45, 7) is 1.85. The Morgan fingerprint density at radius 2 is 1.90 bits per heavy atom. The van der Waals surface area contributed by atoms with Gasteiger partial charge >= 0.3 is 5.76 Å². The number of aromatic nitrogens is 1. The minimum Gasteiger partial charge on any atom is -0.467 e. The fourth-order valence-electron chi connectivity index (χ4n) is 3.73. The zero-order valence-electron chi connectivity index (χ0n) is 16.3. The summed E-state index contributed by atoms with van der Waals surface area (Å²) in [7, 11) is 0. The number of carbonyl (C=O) groups is 1. The molecule has 3 heterocycles. The second kappa shape index (κ2) is 7.18. The molecule has 0 saturated heterocycles. The molecule has 0 spiro atoms. The minimum atomic E-state index is -0.568. The van der Waals surface area contributed by atoms with Crippen LogP contribution in [0.2, 0.25) is 0 Å². The lowest BCUT2D eigenvalue weighted by molar-refractivity contribution is -0.134. The van der Waals surface area contributed by atoms with Gasteiger partial charge < -0.3 is 8.83 Å². The van der Waals surface area contributed by atoms with Crippen LogP contribution in [0.5, 0.6) is 0 Å². The van der Waals surface area contributed by atoms with Crippen molar-refractivity contribution in [3.05, 3.63) is 94.4 Å². The van der Waals surface area contributed by atoms with Gasteiger partial charge in [0.1, 0.15) is 18.3 Å². The molecule has 4 aromatic rings. The molecule has 5 rings (SSSR count). The number of fused-ring (bicyclic) bond motifs is 1. The van der Waals surface area contributed by atoms with Crippen molar-refractivity contribution in [2.24, 2.45) is 5.10 Å². The van der Waals surface area contributed by atoms with Gasteiger partial charge in [-0.3, -0.25) is 9.36 Å². The third kappa shape index (κ3) is 3.14. The van der Waals surface area contributed by atoms with Crippen molar-refractivity contribution in [1.29, 1.82) is 0 Å². The molecule has 7 nitrogen and oxygen atoms in total. The summed E-state index contributed by atoms with van der Waals surface area (Å²) in [5, 5.41) is 6.03. The van der Waals surface area contributed by atoms with Gasteiger partial charge in [-0.2, -0.15) is 5.10 Å². The molecule has 0 N–H and O–H groups in total. The van der Waals surface area contributed by atoms with Crippen LogP contribution in [0.1, 0.15) is 29.3 Å². The Hall–Kier alpha value is -3.87. The van der Waals surface area contributed by atoms with Gasteiger partial charge in [-0.15, -0.1) is 0 Å². The molecule has 1 aliphatic heterocycles. The SMILES string of the molecule is Cc1ccc(C2=NN(C(=O)Cn3c(=O)oc4ccccc43)C(c3ccco3)C2)cc1. The van der Waals surface area contributed by atoms with Crippen molar-refractivity contribution in [2.75, 3.05) is 0 Å². The van der Waals surface area contributed by atoms with Crippen LogP contribution in [0.25, 0.3) is 11.1 Å². The Morgan fingerprint density at radius 1 is 1.10 bits per heavy atom. The number of para-hydroxylation sites is 2. The first-order valence-electron chi connectivity index (χ1n) is 9.68. The summed E-state index contributed by atoms with van der Waals surface area (Å²) in [5.41, 5.74) is 3.93. The molecule has 1 aliphatic rings. The van der Waals surface area contributed by atoms with Crippen molar-refractivity contribution >= 4 is 22.7 Å². The van der Waals surface area contributed by atoms with E-state index in [0.717, 1.165) is 16.8 Å². The van der Waals surface area contributed by atoms with E-state index in [1.165, 1.54) is 9.58 Å². The number of hydrogen-bond donors (Lipinski definition) is 0. The standard InChI is InChI=1S/C23H19N3O4/c1-15-8-10-16(11-9-15)17-13-19(20-7-4-12-29-20)26(24-17)22(27)14-25-18-5-2-3-6-21(18)30-23(25)28/h2-12,19H,13-14H2,1H3. The molecule has 2 aromatic carbocycles. The van der Waals surface area contributed by atoms with Crippen LogP contribution < -0.4 is 5.76 Å². The lowest BCUT2D eigenvalue weighted by Crippen LogP contribution is -2.32. The summed E-state index contributed by atoms with van der Waals surface area (Å²) in [4.78, 5) is 25.5. The van der Waals surface area contributed by atoms with E-state index in [-0.39, 0.29) is 18.5 Å². The highest BCUT2D eigenvalue weighted by molar-refractivity contribution is 6.03. The van der Waals surface area contributed by atoms with E-state index in [9.17, 15) is 9.59 Å². The monoisotopic (exact) mass is 401 g/mol. The van der Waals surface area contributed by atoms with Gasteiger partial charge in [0, 0.05) is 6.42 Å². The molecule has 1 amide bonds. The fourth-order valence-corrected chi connectivity index (χ4v) is 3.73. The van der Waals surface area contributed by atoms with Gasteiger partial charge in [-0.05, 0) is 36.8 Å². The number of furan rings is 1. The second-order valence-corrected chi connectivity index (χ2v) is 7.31. The van der Waals surface area contributed by atoms with Crippen LogP contribution in [-0.2, 0) is 11.3 Å². The summed E-state index contributed by atoms with van der Waals surface area (Å²) >= 11 is 0. The number of benzene rings is 2. The number of hydrazone groups is 1. The summed E-state index contributed by atoms with van der Waals surface area (Å²) in [6.07, 6.45) is 2.11. The first-order valence-corrected chi connectivity index (χ1v) is 9.68. The molecule has 0 fully saturated rings. The lowest BCUT2D eigenvalue weighted by atomic mass is 10.0. The fraction of sp³-hybridized carbons (Fsp3) is 0.174. The molecule has 0 bridgehead atoms. The van der Waals surface area contributed by atoms with Crippen LogP contribution in [-0.4, -0.2) is 21.2 Å². The first kappa shape index (κ1) is 18.2. The topological polar surface area (TPSA) is 81.0 Å². The van der Waals surface area contributed by atoms with Crippen molar-refractivity contribution < 1.29 is 13.6 Å². The van der Waals surface area contributed by atoms with E-state index in [2.05, 4.69) is 5.10 Å². The number of hydrogen-bond acceptors (Lipinski definition) is 5. The van der Waals surface area contributed by atoms with Crippen LogP contribution in [0.3, 0.4) is 0 Å². The highest BCUT2D eigenvalue weighted by Crippen LogP contribution is 2.33. The maximum absolute atomic E-state index is 13.2. The van der Waals surface area contributed by atoms with E-state index in [4.69, 9.17) is 8.83 Å². The lowest BCUT2D eigenvalue weighted by Gasteiger charge is -2.19. The van der Waals surface area contributed by atoms with Crippen LogP contribution >= 0.6 is 0 Å². The number of rotatable bonds is 4. The Labute approximate surface area is 171 Å². The number of carbonyl (C=O) groups excluding carboxylic acids is 1. The first-order chi connectivity index (χ1) is 14.6. The van der Waals surface area contributed by atoms with E-state index in [0.29, 0.717) is 23.3 Å². The van der Waals surface area contributed by atoms with Gasteiger partial charge in [0.2, 0.25) is 0 Å². The Morgan fingerprint density at radius 3 is 2.67 bits per heavy atom. The third-order valence-electron chi connectivity index (χ3n) is 5.29. The van der Waals surface area contributed by atoms with Gasteiger partial charge in [-0.1, -0.05) is 42.0 Å². The van der Waals surface area contributed by atoms with E-state index >= 15 is 0 Å². The normalized spacial score (nSPS) is 16.2. The Kier molecular flexibility index (Phi) is 4.35. The quantitative estimate of drug-likeness (QED) is 0.520. The molecule has 150 valence electrons. The highest BCUT2D eigenvalue weighted by atomic mass is 16.4. The summed E-state index contributed by atoms with van der Waals surface area (Å²) < 4.78 is 12.2.